The summed E-state index contributed by atoms with van der Waals surface area (Å²) in [5.74, 6) is -0.702. The normalized spacial score (nSPS) is 18.4. The summed E-state index contributed by atoms with van der Waals surface area (Å²) in [7, 11) is 1.16. The fourth-order valence-electron chi connectivity index (χ4n) is 2.38. The molecule has 1 aromatic carbocycles. The van der Waals surface area contributed by atoms with Crippen LogP contribution in [0.25, 0.3) is 16.9 Å². The Bertz CT molecular complexity index is 1140. The van der Waals surface area contributed by atoms with Gasteiger partial charge in [-0.15, -0.1) is 0 Å². The number of imidazole rings is 1. The molecule has 0 spiro atoms. The van der Waals surface area contributed by atoms with Crippen molar-refractivity contribution in [3.05, 3.63) is 59.4 Å². The Hall–Kier alpha value is -2.62. The lowest BCUT2D eigenvalue weighted by molar-refractivity contribution is -0.128. The predicted octanol–water partition coefficient (Wildman–Crippen LogP) is 3.25. The molecule has 0 saturated heterocycles. The number of carbonyl (C=O) groups excluding carboxylic acids is 1. The molecular formula is C19H21N3O. The Kier molecular flexibility index (Phi) is 1.99. The zero-order valence-corrected chi connectivity index (χ0v) is 12.5. The van der Waals surface area contributed by atoms with Crippen molar-refractivity contribution >= 4 is 11.6 Å². The van der Waals surface area contributed by atoms with E-state index in [1.807, 2.05) is 0 Å². The molecular weight excluding hydrogens is 286 g/mol. The van der Waals surface area contributed by atoms with Gasteiger partial charge >= 0.3 is 0 Å². The molecule has 0 saturated carbocycles. The van der Waals surface area contributed by atoms with Crippen molar-refractivity contribution in [3.8, 4) is 11.3 Å². The summed E-state index contributed by atoms with van der Waals surface area (Å²) in [6.07, 6.45) is 1.00. The van der Waals surface area contributed by atoms with E-state index in [9.17, 15) is 4.79 Å². The highest BCUT2D eigenvalue weighted by atomic mass is 16.2. The summed E-state index contributed by atoms with van der Waals surface area (Å²) in [6, 6.07) is 8.88. The Morgan fingerprint density at radius 1 is 1.17 bits per heavy atom. The van der Waals surface area contributed by atoms with E-state index in [0.717, 1.165) is 7.05 Å². The second kappa shape index (κ2) is 5.88. The maximum Gasteiger partial charge on any atom is 0.228 e. The van der Waals surface area contributed by atoms with Crippen LogP contribution in [0, 0.1) is 13.7 Å². The third kappa shape index (κ3) is 2.97. The minimum Gasteiger partial charge on any atom is -0.348 e. The number of nitrogens with zero attached hydrogens (tertiary/aromatic N) is 3. The fraction of sp³-hybridized carbons (Fsp3) is 0.263. The van der Waals surface area contributed by atoms with E-state index in [0.29, 0.717) is 27.5 Å². The number of aryl methyl sites for hydroxylation is 2. The number of fused-ring (bicyclic) bond motifs is 1. The van der Waals surface area contributed by atoms with Gasteiger partial charge in [0.2, 0.25) is 5.91 Å². The van der Waals surface area contributed by atoms with Crippen molar-refractivity contribution < 1.29 is 17.1 Å². The van der Waals surface area contributed by atoms with E-state index in [2.05, 4.69) is 4.98 Å². The number of carbonyl (C=O) groups is 1. The molecule has 0 atom stereocenters. The molecule has 4 nitrogen and oxygen atoms in total. The lowest BCUT2D eigenvalue weighted by Gasteiger charge is -2.11. The third-order valence-corrected chi connectivity index (χ3v) is 3.57. The fourth-order valence-corrected chi connectivity index (χ4v) is 2.38. The van der Waals surface area contributed by atoms with E-state index in [-0.39, 0.29) is 17.5 Å². The number of hydrogen-bond acceptors (Lipinski definition) is 2. The van der Waals surface area contributed by atoms with Crippen LogP contribution in [0.15, 0.2) is 42.6 Å². The summed E-state index contributed by atoms with van der Waals surface area (Å²) >= 11 is 0. The van der Waals surface area contributed by atoms with Crippen LogP contribution in [-0.4, -0.2) is 34.2 Å². The van der Waals surface area contributed by atoms with Crippen molar-refractivity contribution in [2.24, 2.45) is 0 Å². The van der Waals surface area contributed by atoms with E-state index in [1.165, 1.54) is 34.9 Å². The first kappa shape index (κ1) is 7.77. The molecule has 2 aromatic heterocycles. The molecule has 0 bridgehead atoms. The summed E-state index contributed by atoms with van der Waals surface area (Å²) in [5.41, 5.74) is 1.67. The number of benzene rings is 1. The van der Waals surface area contributed by atoms with Crippen LogP contribution in [-0.2, 0) is 11.2 Å². The van der Waals surface area contributed by atoms with Gasteiger partial charge in [-0.3, -0.25) is 4.79 Å². The van der Waals surface area contributed by atoms with Gasteiger partial charge in [0, 0.05) is 38.1 Å². The van der Waals surface area contributed by atoms with Crippen molar-refractivity contribution in [2.45, 2.75) is 20.1 Å². The summed E-state index contributed by atoms with van der Waals surface area (Å²) in [6.45, 7) is -7.31. The highest BCUT2D eigenvalue weighted by molar-refractivity contribution is 5.81. The molecule has 1 amide bonds. The monoisotopic (exact) mass is 316 g/mol. The molecule has 2 heterocycles. The number of rotatable bonds is 3. The van der Waals surface area contributed by atoms with Crippen LogP contribution in [0.2, 0.25) is 0 Å². The average molecular weight is 316 g/mol. The van der Waals surface area contributed by atoms with Crippen LogP contribution >= 0.6 is 0 Å². The number of amides is 1. The highest BCUT2D eigenvalue weighted by Crippen LogP contribution is 2.26. The smallest absolute Gasteiger partial charge is 0.228 e. The maximum absolute atomic E-state index is 12.7. The quantitative estimate of drug-likeness (QED) is 0.744. The van der Waals surface area contributed by atoms with Gasteiger partial charge in [-0.2, -0.15) is 0 Å². The number of aromatic nitrogens is 2. The standard InChI is InChI=1S/C19H21N3O/c1-13-5-8-15(9-6-13)19-16(11-18(23)21(3)4)22-12-14(2)7-10-17(22)20-19/h5-10,12H,11H2,1-4H3/i1D3,2D3,3D3. The predicted molar refractivity (Wildman–Crippen MR) is 92.5 cm³/mol. The average Bonchev–Trinajstić information content (AvgIpc) is 3.03. The molecule has 4 heteroatoms. The second-order valence-electron chi connectivity index (χ2n) is 5.26. The van der Waals surface area contributed by atoms with E-state index in [4.69, 9.17) is 12.3 Å². The summed E-state index contributed by atoms with van der Waals surface area (Å²) < 4.78 is 69.4. The van der Waals surface area contributed by atoms with Crippen LogP contribution in [0.5, 0.6) is 0 Å². The van der Waals surface area contributed by atoms with Gasteiger partial charge in [0.1, 0.15) is 5.65 Å². The largest absolute Gasteiger partial charge is 0.348 e. The molecule has 0 radical (unpaired) electrons. The number of likely N-dealkylation sites (N-methyl/N-ethyl adjacent to an activating group) is 1. The van der Waals surface area contributed by atoms with Crippen molar-refractivity contribution in [3.63, 3.8) is 0 Å². The van der Waals surface area contributed by atoms with Crippen LogP contribution < -0.4 is 0 Å². The molecule has 0 fully saturated rings. The van der Waals surface area contributed by atoms with Crippen molar-refractivity contribution in [1.29, 1.82) is 0 Å². The van der Waals surface area contributed by atoms with Gasteiger partial charge < -0.3 is 9.30 Å². The molecule has 0 aliphatic rings. The van der Waals surface area contributed by atoms with Gasteiger partial charge in [-0.1, -0.05) is 35.9 Å². The number of pyridine rings is 1. The molecule has 0 aliphatic carbocycles. The van der Waals surface area contributed by atoms with E-state index >= 15 is 0 Å². The first-order valence-electron chi connectivity index (χ1n) is 11.5. The van der Waals surface area contributed by atoms with Gasteiger partial charge in [0.15, 0.2) is 0 Å². The first-order valence-corrected chi connectivity index (χ1v) is 6.98. The summed E-state index contributed by atoms with van der Waals surface area (Å²) in [4.78, 5) is 17.8. The minimum atomic E-state index is -2.64. The van der Waals surface area contributed by atoms with Crippen LogP contribution in [0.3, 0.4) is 0 Å². The Morgan fingerprint density at radius 3 is 2.61 bits per heavy atom. The molecule has 0 aliphatic heterocycles. The molecule has 3 rings (SSSR count). The lowest BCUT2D eigenvalue weighted by Crippen LogP contribution is -2.24. The molecule has 3 aromatic rings. The zero-order chi connectivity index (χ0) is 24.1. The minimum absolute atomic E-state index is 0.0320. The van der Waals surface area contributed by atoms with E-state index in [1.54, 1.807) is 12.1 Å². The Labute approximate surface area is 149 Å². The molecule has 23 heavy (non-hydrogen) atoms. The molecule has 0 N–H and O–H groups in total. The third-order valence-electron chi connectivity index (χ3n) is 3.57. The highest BCUT2D eigenvalue weighted by Gasteiger charge is 2.18. The first-order chi connectivity index (χ1) is 14.6. The molecule has 0 unspecified atom stereocenters. The van der Waals surface area contributed by atoms with Crippen LogP contribution in [0.1, 0.15) is 29.2 Å². The van der Waals surface area contributed by atoms with Gasteiger partial charge in [0.05, 0.1) is 17.8 Å². The summed E-state index contributed by atoms with van der Waals surface area (Å²) in [5, 5.41) is 0. The maximum atomic E-state index is 12.7. The lowest BCUT2D eigenvalue weighted by atomic mass is 10.1. The SMILES string of the molecule is [2H]C([2H])([2H])c1ccc(-c2nc3ccc(C([2H])([2H])[2H])cn3c2CC(=O)N(C)C([2H])([2H])[2H])cc1. The number of hydrogen-bond donors (Lipinski definition) is 0. The van der Waals surface area contributed by atoms with Gasteiger partial charge in [0.25, 0.3) is 0 Å². The van der Waals surface area contributed by atoms with Crippen molar-refractivity contribution in [2.75, 3.05) is 14.0 Å². The van der Waals surface area contributed by atoms with Gasteiger partial charge in [-0.05, 0) is 25.3 Å². The Balaban J connectivity index is 2.17. The Morgan fingerprint density at radius 2 is 1.91 bits per heavy atom. The molecule has 118 valence electrons. The van der Waals surface area contributed by atoms with Gasteiger partial charge in [-0.25, -0.2) is 4.98 Å². The second-order valence-corrected chi connectivity index (χ2v) is 5.26. The van der Waals surface area contributed by atoms with Crippen LogP contribution in [0.4, 0.5) is 0 Å². The van der Waals surface area contributed by atoms with Crippen molar-refractivity contribution in [1.82, 2.24) is 14.3 Å². The van der Waals surface area contributed by atoms with E-state index < -0.39 is 26.6 Å². The topological polar surface area (TPSA) is 37.6 Å². The zero-order valence-electron chi connectivity index (χ0n) is 21.5.